The van der Waals surface area contributed by atoms with Crippen molar-refractivity contribution < 1.29 is 4.79 Å². The van der Waals surface area contributed by atoms with Gasteiger partial charge in [0.1, 0.15) is 5.82 Å². The number of nitrogens with zero attached hydrogens (tertiary/aromatic N) is 3. The van der Waals surface area contributed by atoms with Crippen LogP contribution in [-0.4, -0.2) is 49.5 Å². The molecular formula is C18H26N4OS. The van der Waals surface area contributed by atoms with Gasteiger partial charge in [-0.05, 0) is 47.6 Å². The van der Waals surface area contributed by atoms with Gasteiger partial charge in [-0.1, -0.05) is 13.8 Å². The molecule has 24 heavy (non-hydrogen) atoms. The Kier molecular flexibility index (Phi) is 6.75. The fraction of sp³-hybridized carbons (Fsp3) is 0.444. The quantitative estimate of drug-likeness (QED) is 0.798. The molecule has 1 amide bonds. The van der Waals surface area contributed by atoms with Gasteiger partial charge in [-0.2, -0.15) is 11.3 Å². The molecule has 1 N–H and O–H groups in total. The van der Waals surface area contributed by atoms with Crippen molar-refractivity contribution >= 4 is 23.1 Å². The lowest BCUT2D eigenvalue weighted by atomic mass is 10.1. The van der Waals surface area contributed by atoms with Gasteiger partial charge in [0.05, 0.1) is 6.04 Å². The Labute approximate surface area is 148 Å². The highest BCUT2D eigenvalue weighted by Crippen LogP contribution is 2.22. The number of amides is 1. The number of anilines is 1. The molecule has 6 heteroatoms. The van der Waals surface area contributed by atoms with E-state index in [9.17, 15) is 4.79 Å². The van der Waals surface area contributed by atoms with Crippen molar-refractivity contribution in [3.63, 3.8) is 0 Å². The SMILES string of the molecule is CCN(CC)[C@@H](CNC(=O)c1ccnc(N(C)C)c1)c1ccsc1. The number of carbonyl (C=O) groups is 1. The summed E-state index contributed by atoms with van der Waals surface area (Å²) in [4.78, 5) is 21.0. The molecule has 0 saturated heterocycles. The summed E-state index contributed by atoms with van der Waals surface area (Å²) in [6, 6.07) is 5.90. The molecule has 0 aliphatic rings. The van der Waals surface area contributed by atoms with Gasteiger partial charge in [-0.15, -0.1) is 0 Å². The van der Waals surface area contributed by atoms with E-state index >= 15 is 0 Å². The van der Waals surface area contributed by atoms with Crippen LogP contribution in [0.3, 0.4) is 0 Å². The molecule has 0 aliphatic heterocycles. The summed E-state index contributed by atoms with van der Waals surface area (Å²) in [5.74, 6) is 0.716. The first kappa shape index (κ1) is 18.4. The molecule has 2 aromatic heterocycles. The third kappa shape index (κ3) is 4.55. The maximum Gasteiger partial charge on any atom is 0.251 e. The molecule has 2 heterocycles. The van der Waals surface area contributed by atoms with E-state index in [1.807, 2.05) is 25.1 Å². The Balaban J connectivity index is 2.08. The second-order valence-electron chi connectivity index (χ2n) is 5.80. The fourth-order valence-corrected chi connectivity index (χ4v) is 3.39. The molecule has 0 radical (unpaired) electrons. The molecule has 5 nitrogen and oxygen atoms in total. The Morgan fingerprint density at radius 1 is 1.29 bits per heavy atom. The number of nitrogens with one attached hydrogen (secondary N) is 1. The van der Waals surface area contributed by atoms with E-state index in [0.717, 1.165) is 18.9 Å². The van der Waals surface area contributed by atoms with Crippen molar-refractivity contribution in [1.29, 1.82) is 0 Å². The van der Waals surface area contributed by atoms with Gasteiger partial charge in [0.2, 0.25) is 0 Å². The third-order valence-corrected chi connectivity index (χ3v) is 4.80. The topological polar surface area (TPSA) is 48.5 Å². The highest BCUT2D eigenvalue weighted by Gasteiger charge is 2.19. The minimum atomic E-state index is -0.0621. The van der Waals surface area contributed by atoms with Gasteiger partial charge in [-0.3, -0.25) is 9.69 Å². The molecule has 130 valence electrons. The zero-order chi connectivity index (χ0) is 17.5. The van der Waals surface area contributed by atoms with Crippen molar-refractivity contribution in [2.24, 2.45) is 0 Å². The van der Waals surface area contributed by atoms with E-state index in [-0.39, 0.29) is 11.9 Å². The third-order valence-electron chi connectivity index (χ3n) is 4.10. The Morgan fingerprint density at radius 2 is 2.04 bits per heavy atom. The normalized spacial score (nSPS) is 12.2. The molecule has 0 saturated carbocycles. The molecule has 0 aromatic carbocycles. The van der Waals surface area contributed by atoms with E-state index < -0.39 is 0 Å². The lowest BCUT2D eigenvalue weighted by Gasteiger charge is -2.29. The molecule has 0 spiro atoms. The first-order valence-electron chi connectivity index (χ1n) is 8.24. The summed E-state index contributed by atoms with van der Waals surface area (Å²) in [5.41, 5.74) is 1.89. The van der Waals surface area contributed by atoms with Crippen LogP contribution in [0.4, 0.5) is 5.82 Å². The molecule has 0 bridgehead atoms. The minimum Gasteiger partial charge on any atom is -0.363 e. The average molecular weight is 347 g/mol. The van der Waals surface area contributed by atoms with Gasteiger partial charge < -0.3 is 10.2 Å². The molecule has 1 atom stereocenters. The molecule has 0 unspecified atom stereocenters. The first-order valence-corrected chi connectivity index (χ1v) is 9.18. The van der Waals surface area contributed by atoms with Gasteiger partial charge in [0.25, 0.3) is 5.91 Å². The number of pyridine rings is 1. The van der Waals surface area contributed by atoms with Crippen LogP contribution in [0, 0.1) is 0 Å². The molecule has 2 aromatic rings. The molecular weight excluding hydrogens is 320 g/mol. The number of hydrogen-bond acceptors (Lipinski definition) is 5. The number of aromatic nitrogens is 1. The van der Waals surface area contributed by atoms with E-state index in [4.69, 9.17) is 0 Å². The maximum absolute atomic E-state index is 12.5. The van der Waals surface area contributed by atoms with E-state index in [1.165, 1.54) is 5.56 Å². The van der Waals surface area contributed by atoms with Crippen LogP contribution >= 0.6 is 11.3 Å². The lowest BCUT2D eigenvalue weighted by molar-refractivity contribution is 0.0935. The molecule has 0 aliphatic carbocycles. The monoisotopic (exact) mass is 346 g/mol. The lowest BCUT2D eigenvalue weighted by Crippen LogP contribution is -2.38. The van der Waals surface area contributed by atoms with Crippen molar-refractivity contribution in [2.45, 2.75) is 19.9 Å². The zero-order valence-electron chi connectivity index (χ0n) is 14.8. The van der Waals surface area contributed by atoms with Crippen LogP contribution in [0.25, 0.3) is 0 Å². The van der Waals surface area contributed by atoms with E-state index in [2.05, 4.69) is 45.9 Å². The highest BCUT2D eigenvalue weighted by atomic mass is 32.1. The van der Waals surface area contributed by atoms with Gasteiger partial charge in [0, 0.05) is 32.4 Å². The summed E-state index contributed by atoms with van der Waals surface area (Å²) in [5, 5.41) is 7.32. The predicted molar refractivity (Wildman–Crippen MR) is 101 cm³/mol. The first-order chi connectivity index (χ1) is 11.6. The Bertz CT molecular complexity index is 638. The standard InChI is InChI=1S/C18H26N4OS/c1-5-22(6-2)16(15-8-10-24-13-15)12-20-18(23)14-7-9-19-17(11-14)21(3)4/h7-11,13,16H,5-6,12H2,1-4H3,(H,20,23)/t16-/m0/s1. The number of rotatable bonds is 8. The van der Waals surface area contributed by atoms with Crippen molar-refractivity contribution in [1.82, 2.24) is 15.2 Å². The average Bonchev–Trinajstić information content (AvgIpc) is 3.12. The van der Waals surface area contributed by atoms with Gasteiger partial charge in [0.15, 0.2) is 0 Å². The summed E-state index contributed by atoms with van der Waals surface area (Å²) in [7, 11) is 3.83. The smallest absolute Gasteiger partial charge is 0.251 e. The highest BCUT2D eigenvalue weighted by molar-refractivity contribution is 7.07. The van der Waals surface area contributed by atoms with Crippen molar-refractivity contribution in [2.75, 3.05) is 38.6 Å². The summed E-state index contributed by atoms with van der Waals surface area (Å²) < 4.78 is 0. The Hall–Kier alpha value is -1.92. The number of carbonyl (C=O) groups excluding carboxylic acids is 1. The minimum absolute atomic E-state index is 0.0621. The summed E-state index contributed by atoms with van der Waals surface area (Å²) in [6.45, 7) is 6.80. The number of hydrogen-bond donors (Lipinski definition) is 1. The predicted octanol–water partition coefficient (Wildman–Crippen LogP) is 3.02. The van der Waals surface area contributed by atoms with Crippen molar-refractivity contribution in [3.8, 4) is 0 Å². The number of likely N-dealkylation sites (N-methyl/N-ethyl adjacent to an activating group) is 1. The molecule has 2 rings (SSSR count). The summed E-state index contributed by atoms with van der Waals surface area (Å²) in [6.07, 6.45) is 1.67. The number of thiophene rings is 1. The maximum atomic E-state index is 12.5. The van der Waals surface area contributed by atoms with Crippen molar-refractivity contribution in [3.05, 3.63) is 46.3 Å². The van der Waals surface area contributed by atoms with Crippen LogP contribution in [-0.2, 0) is 0 Å². The van der Waals surface area contributed by atoms with Crippen LogP contribution in [0.2, 0.25) is 0 Å². The van der Waals surface area contributed by atoms with Crippen LogP contribution in [0.1, 0.15) is 35.8 Å². The van der Waals surface area contributed by atoms with Crippen LogP contribution < -0.4 is 10.2 Å². The van der Waals surface area contributed by atoms with Gasteiger partial charge in [-0.25, -0.2) is 4.98 Å². The van der Waals surface area contributed by atoms with Crippen LogP contribution in [0.5, 0.6) is 0 Å². The largest absolute Gasteiger partial charge is 0.363 e. The summed E-state index contributed by atoms with van der Waals surface area (Å²) >= 11 is 1.69. The fourth-order valence-electron chi connectivity index (χ4n) is 2.68. The zero-order valence-corrected chi connectivity index (χ0v) is 15.6. The molecule has 0 fully saturated rings. The van der Waals surface area contributed by atoms with E-state index in [0.29, 0.717) is 12.1 Å². The second kappa shape index (κ2) is 8.80. The second-order valence-corrected chi connectivity index (χ2v) is 6.58. The van der Waals surface area contributed by atoms with Crippen LogP contribution in [0.15, 0.2) is 35.2 Å². The Morgan fingerprint density at radius 3 is 2.62 bits per heavy atom. The van der Waals surface area contributed by atoms with E-state index in [1.54, 1.807) is 23.6 Å². The van der Waals surface area contributed by atoms with Gasteiger partial charge >= 0.3 is 0 Å².